The van der Waals surface area contributed by atoms with Crippen molar-refractivity contribution in [3.63, 3.8) is 0 Å². The molecular formula is C13H23N3. The molecule has 0 aliphatic rings. The Morgan fingerprint density at radius 2 is 2.19 bits per heavy atom. The van der Waals surface area contributed by atoms with Crippen LogP contribution in [0.4, 0.5) is 5.69 Å². The zero-order valence-corrected chi connectivity index (χ0v) is 10.5. The SMILES string of the molecule is CCNC(Cc1cnccc1N)CC(C)C. The Bertz CT molecular complexity index is 310. The lowest BCUT2D eigenvalue weighted by Crippen LogP contribution is -2.32. The third kappa shape index (κ3) is 4.19. The summed E-state index contributed by atoms with van der Waals surface area (Å²) in [4.78, 5) is 4.13. The van der Waals surface area contributed by atoms with E-state index < -0.39 is 0 Å². The van der Waals surface area contributed by atoms with Crippen molar-refractivity contribution in [2.75, 3.05) is 12.3 Å². The Hall–Kier alpha value is -1.09. The molecule has 0 fully saturated rings. The largest absolute Gasteiger partial charge is 0.398 e. The van der Waals surface area contributed by atoms with Crippen LogP contribution in [0.2, 0.25) is 0 Å². The van der Waals surface area contributed by atoms with Crippen LogP contribution in [-0.4, -0.2) is 17.6 Å². The zero-order chi connectivity index (χ0) is 12.0. The summed E-state index contributed by atoms with van der Waals surface area (Å²) in [6.07, 6.45) is 5.75. The molecule has 1 heterocycles. The molecule has 3 heteroatoms. The van der Waals surface area contributed by atoms with Crippen LogP contribution in [0.1, 0.15) is 32.8 Å². The third-order valence-electron chi connectivity index (χ3n) is 2.66. The van der Waals surface area contributed by atoms with Crippen molar-refractivity contribution in [1.82, 2.24) is 10.3 Å². The first-order valence-corrected chi connectivity index (χ1v) is 6.05. The minimum atomic E-state index is 0.497. The lowest BCUT2D eigenvalue weighted by atomic mass is 9.97. The number of hydrogen-bond acceptors (Lipinski definition) is 3. The average molecular weight is 221 g/mol. The summed E-state index contributed by atoms with van der Waals surface area (Å²) in [5, 5.41) is 3.51. The van der Waals surface area contributed by atoms with Gasteiger partial charge in [-0.15, -0.1) is 0 Å². The van der Waals surface area contributed by atoms with E-state index in [1.165, 1.54) is 6.42 Å². The Morgan fingerprint density at radius 1 is 1.44 bits per heavy atom. The first-order valence-electron chi connectivity index (χ1n) is 6.05. The van der Waals surface area contributed by atoms with Gasteiger partial charge >= 0.3 is 0 Å². The molecule has 90 valence electrons. The van der Waals surface area contributed by atoms with Crippen molar-refractivity contribution >= 4 is 5.69 Å². The topological polar surface area (TPSA) is 50.9 Å². The molecule has 1 aromatic rings. The predicted octanol–water partition coefficient (Wildman–Crippen LogP) is 2.23. The number of hydrogen-bond donors (Lipinski definition) is 2. The number of likely N-dealkylation sites (N-methyl/N-ethyl adjacent to an activating group) is 1. The molecule has 0 aromatic carbocycles. The molecule has 3 nitrogen and oxygen atoms in total. The second-order valence-corrected chi connectivity index (χ2v) is 4.66. The van der Waals surface area contributed by atoms with Gasteiger partial charge in [-0.3, -0.25) is 4.98 Å². The fourth-order valence-electron chi connectivity index (χ4n) is 1.97. The maximum Gasteiger partial charge on any atom is 0.0378 e. The standard InChI is InChI=1S/C13H23N3/c1-4-16-12(7-10(2)3)8-11-9-15-6-5-13(11)14/h5-6,9-10,12,16H,4,7-8H2,1-3H3,(H2,14,15). The van der Waals surface area contributed by atoms with Gasteiger partial charge in [0, 0.05) is 24.1 Å². The number of nitrogen functional groups attached to an aromatic ring is 1. The van der Waals surface area contributed by atoms with Gasteiger partial charge in [0.2, 0.25) is 0 Å². The van der Waals surface area contributed by atoms with Gasteiger partial charge < -0.3 is 11.1 Å². The van der Waals surface area contributed by atoms with Crippen LogP contribution in [0.25, 0.3) is 0 Å². The normalized spacial score (nSPS) is 13.0. The van der Waals surface area contributed by atoms with Crippen molar-refractivity contribution in [2.24, 2.45) is 5.92 Å². The highest BCUT2D eigenvalue weighted by atomic mass is 14.9. The van der Waals surface area contributed by atoms with Gasteiger partial charge in [0.1, 0.15) is 0 Å². The van der Waals surface area contributed by atoms with Crippen LogP contribution in [0.5, 0.6) is 0 Å². The first kappa shape index (κ1) is 13.0. The lowest BCUT2D eigenvalue weighted by molar-refractivity contribution is 0.424. The second kappa shape index (κ2) is 6.48. The molecule has 0 radical (unpaired) electrons. The number of nitrogens with zero attached hydrogens (tertiary/aromatic N) is 1. The first-order chi connectivity index (χ1) is 7.63. The molecule has 0 saturated heterocycles. The summed E-state index contributed by atoms with van der Waals surface area (Å²) in [7, 11) is 0. The van der Waals surface area contributed by atoms with E-state index in [9.17, 15) is 0 Å². The molecule has 0 aliphatic carbocycles. The highest BCUT2D eigenvalue weighted by molar-refractivity contribution is 5.44. The Morgan fingerprint density at radius 3 is 2.75 bits per heavy atom. The van der Waals surface area contributed by atoms with E-state index in [-0.39, 0.29) is 0 Å². The molecule has 16 heavy (non-hydrogen) atoms. The van der Waals surface area contributed by atoms with E-state index in [2.05, 4.69) is 31.1 Å². The number of pyridine rings is 1. The van der Waals surface area contributed by atoms with Gasteiger partial charge in [-0.25, -0.2) is 0 Å². The minimum Gasteiger partial charge on any atom is -0.398 e. The monoisotopic (exact) mass is 221 g/mol. The Kier molecular flexibility index (Phi) is 5.26. The third-order valence-corrected chi connectivity index (χ3v) is 2.66. The molecule has 0 bridgehead atoms. The number of rotatable bonds is 6. The molecule has 0 amide bonds. The summed E-state index contributed by atoms with van der Waals surface area (Å²) < 4.78 is 0. The van der Waals surface area contributed by atoms with Crippen molar-refractivity contribution in [1.29, 1.82) is 0 Å². The van der Waals surface area contributed by atoms with Gasteiger partial charge in [-0.2, -0.15) is 0 Å². The molecule has 3 N–H and O–H groups in total. The summed E-state index contributed by atoms with van der Waals surface area (Å²) in [5.41, 5.74) is 7.92. The van der Waals surface area contributed by atoms with E-state index in [0.717, 1.165) is 24.2 Å². The zero-order valence-electron chi connectivity index (χ0n) is 10.5. The van der Waals surface area contributed by atoms with Crippen LogP contribution in [0.3, 0.4) is 0 Å². The quantitative estimate of drug-likeness (QED) is 0.774. The molecular weight excluding hydrogens is 198 g/mol. The Balaban J connectivity index is 2.64. The summed E-state index contributed by atoms with van der Waals surface area (Å²) >= 11 is 0. The minimum absolute atomic E-state index is 0.497. The number of aromatic nitrogens is 1. The Labute approximate surface area is 98.5 Å². The maximum absolute atomic E-state index is 5.93. The van der Waals surface area contributed by atoms with Crippen molar-refractivity contribution in [2.45, 2.75) is 39.7 Å². The highest BCUT2D eigenvalue weighted by Gasteiger charge is 2.12. The lowest BCUT2D eigenvalue weighted by Gasteiger charge is -2.20. The van der Waals surface area contributed by atoms with E-state index in [1.54, 1.807) is 6.20 Å². The number of anilines is 1. The van der Waals surface area contributed by atoms with E-state index in [4.69, 9.17) is 5.73 Å². The number of nitrogens with two attached hydrogens (primary N) is 1. The fourth-order valence-corrected chi connectivity index (χ4v) is 1.97. The number of nitrogens with one attached hydrogen (secondary N) is 1. The molecule has 1 atom stereocenters. The second-order valence-electron chi connectivity index (χ2n) is 4.66. The van der Waals surface area contributed by atoms with E-state index >= 15 is 0 Å². The molecule has 1 unspecified atom stereocenters. The van der Waals surface area contributed by atoms with Crippen molar-refractivity contribution in [3.05, 3.63) is 24.0 Å². The molecule has 0 saturated carbocycles. The maximum atomic E-state index is 5.93. The molecule has 0 aliphatic heterocycles. The van der Waals surface area contributed by atoms with Crippen LogP contribution in [0.15, 0.2) is 18.5 Å². The highest BCUT2D eigenvalue weighted by Crippen LogP contribution is 2.15. The summed E-state index contributed by atoms with van der Waals surface area (Å²) in [6.45, 7) is 7.63. The summed E-state index contributed by atoms with van der Waals surface area (Å²) in [6, 6.07) is 2.37. The van der Waals surface area contributed by atoms with Crippen LogP contribution < -0.4 is 11.1 Å². The van der Waals surface area contributed by atoms with Crippen LogP contribution in [-0.2, 0) is 6.42 Å². The molecule has 0 spiro atoms. The molecule has 1 aromatic heterocycles. The fraction of sp³-hybridized carbons (Fsp3) is 0.615. The van der Waals surface area contributed by atoms with E-state index in [1.807, 2.05) is 12.3 Å². The van der Waals surface area contributed by atoms with Gasteiger partial charge in [0.25, 0.3) is 0 Å². The van der Waals surface area contributed by atoms with Crippen LogP contribution >= 0.6 is 0 Å². The van der Waals surface area contributed by atoms with Gasteiger partial charge in [0.05, 0.1) is 0 Å². The smallest absolute Gasteiger partial charge is 0.0378 e. The van der Waals surface area contributed by atoms with Crippen molar-refractivity contribution < 1.29 is 0 Å². The summed E-state index contributed by atoms with van der Waals surface area (Å²) in [5.74, 6) is 0.696. The predicted molar refractivity (Wildman–Crippen MR) is 69.3 cm³/mol. The van der Waals surface area contributed by atoms with Gasteiger partial charge in [-0.1, -0.05) is 20.8 Å². The van der Waals surface area contributed by atoms with Crippen molar-refractivity contribution in [3.8, 4) is 0 Å². The van der Waals surface area contributed by atoms with Gasteiger partial charge in [-0.05, 0) is 36.9 Å². The van der Waals surface area contributed by atoms with Gasteiger partial charge in [0.15, 0.2) is 0 Å². The van der Waals surface area contributed by atoms with Crippen LogP contribution in [0, 0.1) is 5.92 Å². The average Bonchev–Trinajstić information content (AvgIpc) is 2.21. The van der Waals surface area contributed by atoms with E-state index in [0.29, 0.717) is 12.0 Å². The molecule has 1 rings (SSSR count).